The third kappa shape index (κ3) is 4.65. The molecule has 6 heteroatoms. The number of nitrogens with one attached hydrogen (secondary N) is 2. The molecular weight excluding hydrogens is 236 g/mol. The number of imide groups is 1. The van der Waals surface area contributed by atoms with Gasteiger partial charge in [-0.3, -0.25) is 19.7 Å². The van der Waals surface area contributed by atoms with Crippen LogP contribution in [0.4, 0.5) is 5.69 Å². The second kappa shape index (κ2) is 6.39. The number of benzene rings is 1. The SMILES string of the molecule is CC(=O)NC(=O)CNc1ccccc1OC(C)=O. The molecule has 1 aromatic carbocycles. The third-order valence-corrected chi connectivity index (χ3v) is 1.90. The van der Waals surface area contributed by atoms with E-state index in [-0.39, 0.29) is 6.54 Å². The fraction of sp³-hybridized carbons (Fsp3) is 0.250. The highest BCUT2D eigenvalue weighted by Crippen LogP contribution is 2.23. The van der Waals surface area contributed by atoms with E-state index in [1.807, 2.05) is 0 Å². The molecule has 0 unspecified atom stereocenters. The highest BCUT2D eigenvalue weighted by Gasteiger charge is 2.07. The van der Waals surface area contributed by atoms with Crippen LogP contribution in [0.1, 0.15) is 13.8 Å². The maximum atomic E-state index is 11.3. The van der Waals surface area contributed by atoms with Gasteiger partial charge in [-0.25, -0.2) is 0 Å². The molecule has 0 spiro atoms. The molecule has 2 amide bonds. The molecule has 0 bridgehead atoms. The molecule has 18 heavy (non-hydrogen) atoms. The number of anilines is 1. The Kier molecular flexibility index (Phi) is 4.86. The molecule has 0 fully saturated rings. The summed E-state index contributed by atoms with van der Waals surface area (Å²) >= 11 is 0. The average molecular weight is 250 g/mol. The van der Waals surface area contributed by atoms with Crippen LogP contribution >= 0.6 is 0 Å². The Hall–Kier alpha value is -2.37. The number of amides is 2. The van der Waals surface area contributed by atoms with Crippen molar-refractivity contribution in [3.8, 4) is 5.75 Å². The zero-order chi connectivity index (χ0) is 13.5. The molecule has 1 rings (SSSR count). The molecule has 0 aliphatic heterocycles. The van der Waals surface area contributed by atoms with Crippen LogP contribution in [0.15, 0.2) is 24.3 Å². The van der Waals surface area contributed by atoms with Gasteiger partial charge in [0.1, 0.15) is 0 Å². The van der Waals surface area contributed by atoms with Crippen LogP contribution in [-0.4, -0.2) is 24.3 Å². The van der Waals surface area contributed by atoms with Crippen molar-refractivity contribution < 1.29 is 19.1 Å². The fourth-order valence-corrected chi connectivity index (χ4v) is 1.27. The summed E-state index contributed by atoms with van der Waals surface area (Å²) in [6, 6.07) is 6.71. The number of esters is 1. The summed E-state index contributed by atoms with van der Waals surface area (Å²) in [5, 5.41) is 4.91. The van der Waals surface area contributed by atoms with Gasteiger partial charge in [0.15, 0.2) is 5.75 Å². The van der Waals surface area contributed by atoms with E-state index in [9.17, 15) is 14.4 Å². The van der Waals surface area contributed by atoms with Gasteiger partial charge in [-0.1, -0.05) is 12.1 Å². The Bertz CT molecular complexity index is 471. The summed E-state index contributed by atoms with van der Waals surface area (Å²) in [7, 11) is 0. The van der Waals surface area contributed by atoms with Gasteiger partial charge in [-0.15, -0.1) is 0 Å². The van der Waals surface area contributed by atoms with Crippen LogP contribution in [-0.2, 0) is 14.4 Å². The van der Waals surface area contributed by atoms with Crippen molar-refractivity contribution in [3.05, 3.63) is 24.3 Å². The molecule has 0 atom stereocenters. The van der Waals surface area contributed by atoms with E-state index in [1.165, 1.54) is 13.8 Å². The molecule has 1 aromatic rings. The van der Waals surface area contributed by atoms with Crippen molar-refractivity contribution in [2.45, 2.75) is 13.8 Å². The lowest BCUT2D eigenvalue weighted by Gasteiger charge is -2.10. The minimum Gasteiger partial charge on any atom is -0.425 e. The Labute approximate surface area is 104 Å². The molecule has 2 N–H and O–H groups in total. The van der Waals surface area contributed by atoms with Crippen molar-refractivity contribution in [1.82, 2.24) is 5.32 Å². The van der Waals surface area contributed by atoms with Gasteiger partial charge in [0.2, 0.25) is 11.8 Å². The molecule has 0 aromatic heterocycles. The number of hydrogen-bond donors (Lipinski definition) is 2. The lowest BCUT2D eigenvalue weighted by Crippen LogP contribution is -2.33. The largest absolute Gasteiger partial charge is 0.425 e. The van der Waals surface area contributed by atoms with Crippen LogP contribution in [0.2, 0.25) is 0 Å². The molecule has 0 heterocycles. The van der Waals surface area contributed by atoms with E-state index in [0.717, 1.165) is 0 Å². The lowest BCUT2D eigenvalue weighted by molar-refractivity contribution is -0.132. The fourth-order valence-electron chi connectivity index (χ4n) is 1.27. The summed E-state index contributed by atoms with van der Waals surface area (Å²) in [6.07, 6.45) is 0. The second-order valence-corrected chi connectivity index (χ2v) is 3.55. The highest BCUT2D eigenvalue weighted by molar-refractivity contribution is 5.96. The van der Waals surface area contributed by atoms with E-state index >= 15 is 0 Å². The minimum atomic E-state index is -0.458. The predicted molar refractivity (Wildman–Crippen MR) is 65.1 cm³/mol. The standard InChI is InChI=1S/C12H14N2O4/c1-8(15)14-12(17)7-13-10-5-3-4-6-11(10)18-9(2)16/h3-6,13H,7H2,1-2H3,(H,14,15,17). The number of hydrogen-bond acceptors (Lipinski definition) is 5. The van der Waals surface area contributed by atoms with E-state index in [0.29, 0.717) is 11.4 Å². The monoisotopic (exact) mass is 250 g/mol. The molecule has 0 radical (unpaired) electrons. The second-order valence-electron chi connectivity index (χ2n) is 3.55. The summed E-state index contributed by atoms with van der Waals surface area (Å²) in [4.78, 5) is 32.8. The van der Waals surface area contributed by atoms with Crippen LogP contribution in [0.5, 0.6) is 5.75 Å². The van der Waals surface area contributed by atoms with E-state index in [1.54, 1.807) is 24.3 Å². The molecule has 96 valence electrons. The first kappa shape index (κ1) is 13.7. The Balaban J connectivity index is 2.64. The van der Waals surface area contributed by atoms with Gasteiger partial charge in [-0.2, -0.15) is 0 Å². The molecular formula is C12H14N2O4. The van der Waals surface area contributed by atoms with E-state index in [2.05, 4.69) is 10.6 Å². The first-order chi connectivity index (χ1) is 8.49. The maximum absolute atomic E-state index is 11.3. The lowest BCUT2D eigenvalue weighted by atomic mass is 10.3. The van der Waals surface area contributed by atoms with Crippen LogP contribution < -0.4 is 15.4 Å². The van der Waals surface area contributed by atoms with E-state index < -0.39 is 17.8 Å². The van der Waals surface area contributed by atoms with Crippen molar-refractivity contribution in [3.63, 3.8) is 0 Å². The van der Waals surface area contributed by atoms with Gasteiger partial charge < -0.3 is 10.1 Å². The molecule has 6 nitrogen and oxygen atoms in total. The zero-order valence-electron chi connectivity index (χ0n) is 10.1. The number of carbonyl (C=O) groups is 3. The number of ether oxygens (including phenoxy) is 1. The molecule has 0 saturated heterocycles. The number of carbonyl (C=O) groups excluding carboxylic acids is 3. The van der Waals surface area contributed by atoms with Gasteiger partial charge in [0.25, 0.3) is 0 Å². The average Bonchev–Trinajstić information content (AvgIpc) is 2.26. The normalized spacial score (nSPS) is 9.44. The first-order valence-corrected chi connectivity index (χ1v) is 5.31. The summed E-state index contributed by atoms with van der Waals surface area (Å²) in [6.45, 7) is 2.46. The molecule has 0 saturated carbocycles. The van der Waals surface area contributed by atoms with Gasteiger partial charge in [0.05, 0.1) is 12.2 Å². The zero-order valence-corrected chi connectivity index (χ0v) is 10.1. The summed E-state index contributed by atoms with van der Waals surface area (Å²) in [5.74, 6) is -0.992. The van der Waals surface area contributed by atoms with Crippen molar-refractivity contribution in [2.75, 3.05) is 11.9 Å². The molecule has 0 aliphatic carbocycles. The van der Waals surface area contributed by atoms with Crippen molar-refractivity contribution in [1.29, 1.82) is 0 Å². The van der Waals surface area contributed by atoms with Crippen LogP contribution in [0.3, 0.4) is 0 Å². The predicted octanol–water partition coefficient (Wildman–Crippen LogP) is 0.686. The molecule has 0 aliphatic rings. The Morgan fingerprint density at radius 1 is 1.17 bits per heavy atom. The van der Waals surface area contributed by atoms with Gasteiger partial charge in [0, 0.05) is 13.8 Å². The summed E-state index contributed by atoms with van der Waals surface area (Å²) in [5.41, 5.74) is 0.506. The third-order valence-electron chi connectivity index (χ3n) is 1.90. The summed E-state index contributed by atoms with van der Waals surface area (Å²) < 4.78 is 4.96. The minimum absolute atomic E-state index is 0.0855. The van der Waals surface area contributed by atoms with Crippen molar-refractivity contribution >= 4 is 23.5 Å². The first-order valence-electron chi connectivity index (χ1n) is 5.31. The van der Waals surface area contributed by atoms with Crippen LogP contribution in [0, 0.1) is 0 Å². The smallest absolute Gasteiger partial charge is 0.308 e. The Morgan fingerprint density at radius 3 is 2.44 bits per heavy atom. The van der Waals surface area contributed by atoms with E-state index in [4.69, 9.17) is 4.74 Å². The Morgan fingerprint density at radius 2 is 1.83 bits per heavy atom. The number of rotatable bonds is 4. The number of para-hydroxylation sites is 2. The van der Waals surface area contributed by atoms with Gasteiger partial charge >= 0.3 is 5.97 Å². The topological polar surface area (TPSA) is 84.5 Å². The van der Waals surface area contributed by atoms with Gasteiger partial charge in [-0.05, 0) is 12.1 Å². The maximum Gasteiger partial charge on any atom is 0.308 e. The van der Waals surface area contributed by atoms with Crippen LogP contribution in [0.25, 0.3) is 0 Å². The highest BCUT2D eigenvalue weighted by atomic mass is 16.5. The quantitative estimate of drug-likeness (QED) is 0.606. The van der Waals surface area contributed by atoms with Crippen molar-refractivity contribution in [2.24, 2.45) is 0 Å².